The van der Waals surface area contributed by atoms with Crippen LogP contribution in [0.3, 0.4) is 0 Å². The Balaban J connectivity index is 1.86. The van der Waals surface area contributed by atoms with E-state index in [2.05, 4.69) is 9.97 Å². The second kappa shape index (κ2) is 8.05. The standard InChI is InChI=1S/C20H17ClN2O4/c1-12(24)27-11-10-13-2-4-15(5-3-13)19-22-17(18(23-19)20(25)26)14-6-8-16(21)9-7-14/h2-9H,10-11H2,1H3,(H,22,23)(H,25,26). The number of carboxylic acid groups (broad SMARTS) is 1. The fourth-order valence-electron chi connectivity index (χ4n) is 2.63. The van der Waals surface area contributed by atoms with E-state index < -0.39 is 5.97 Å². The highest BCUT2D eigenvalue weighted by molar-refractivity contribution is 6.30. The molecule has 0 aliphatic rings. The number of hydrogen-bond acceptors (Lipinski definition) is 4. The zero-order chi connectivity index (χ0) is 19.4. The third-order valence-corrected chi connectivity index (χ3v) is 4.21. The van der Waals surface area contributed by atoms with Gasteiger partial charge >= 0.3 is 11.9 Å². The summed E-state index contributed by atoms with van der Waals surface area (Å²) >= 11 is 5.90. The Morgan fingerprint density at radius 2 is 1.70 bits per heavy atom. The van der Waals surface area contributed by atoms with Crippen molar-refractivity contribution in [1.82, 2.24) is 9.97 Å². The summed E-state index contributed by atoms with van der Waals surface area (Å²) in [7, 11) is 0. The highest BCUT2D eigenvalue weighted by Gasteiger charge is 2.19. The molecule has 27 heavy (non-hydrogen) atoms. The van der Waals surface area contributed by atoms with E-state index in [-0.39, 0.29) is 11.7 Å². The SMILES string of the molecule is CC(=O)OCCc1ccc(-c2nc(C(=O)O)c(-c3ccc(Cl)cc3)[nH]2)cc1. The average Bonchev–Trinajstić information content (AvgIpc) is 3.08. The number of rotatable bonds is 6. The molecule has 0 saturated heterocycles. The molecule has 138 valence electrons. The second-order valence-corrected chi connectivity index (χ2v) is 6.34. The number of ether oxygens (including phenoxy) is 1. The highest BCUT2D eigenvalue weighted by Crippen LogP contribution is 2.27. The minimum absolute atomic E-state index is 0.0498. The van der Waals surface area contributed by atoms with Gasteiger partial charge < -0.3 is 14.8 Å². The molecule has 0 spiro atoms. The number of carbonyl (C=O) groups is 2. The first-order chi connectivity index (χ1) is 12.9. The van der Waals surface area contributed by atoms with Gasteiger partial charge in [-0.15, -0.1) is 0 Å². The van der Waals surface area contributed by atoms with Crippen molar-refractivity contribution in [3.8, 4) is 22.6 Å². The number of aromatic amines is 1. The van der Waals surface area contributed by atoms with Gasteiger partial charge in [-0.1, -0.05) is 48.0 Å². The Kier molecular flexibility index (Phi) is 5.57. The lowest BCUT2D eigenvalue weighted by atomic mass is 10.1. The van der Waals surface area contributed by atoms with Crippen LogP contribution in [0.5, 0.6) is 0 Å². The van der Waals surface area contributed by atoms with Crippen molar-refractivity contribution < 1.29 is 19.4 Å². The van der Waals surface area contributed by atoms with Crippen LogP contribution in [-0.4, -0.2) is 33.6 Å². The second-order valence-electron chi connectivity index (χ2n) is 5.91. The van der Waals surface area contributed by atoms with Crippen LogP contribution in [0.2, 0.25) is 5.02 Å². The molecule has 1 aromatic heterocycles. The molecular formula is C20H17ClN2O4. The van der Waals surface area contributed by atoms with Crippen LogP contribution in [-0.2, 0) is 16.0 Å². The van der Waals surface area contributed by atoms with Crippen LogP contribution in [0.25, 0.3) is 22.6 Å². The monoisotopic (exact) mass is 384 g/mol. The van der Waals surface area contributed by atoms with E-state index >= 15 is 0 Å². The zero-order valence-electron chi connectivity index (χ0n) is 14.5. The molecule has 0 bridgehead atoms. The van der Waals surface area contributed by atoms with E-state index in [0.717, 1.165) is 11.1 Å². The number of aromatic carboxylic acids is 1. The summed E-state index contributed by atoms with van der Waals surface area (Å²) in [5.41, 5.74) is 2.82. The predicted molar refractivity (Wildman–Crippen MR) is 102 cm³/mol. The van der Waals surface area contributed by atoms with E-state index in [9.17, 15) is 14.7 Å². The van der Waals surface area contributed by atoms with Gasteiger partial charge in [-0.25, -0.2) is 9.78 Å². The highest BCUT2D eigenvalue weighted by atomic mass is 35.5. The van der Waals surface area contributed by atoms with Gasteiger partial charge in [-0.3, -0.25) is 4.79 Å². The van der Waals surface area contributed by atoms with Crippen LogP contribution in [0.4, 0.5) is 0 Å². The Morgan fingerprint density at radius 1 is 1.07 bits per heavy atom. The predicted octanol–water partition coefficient (Wildman–Crippen LogP) is 4.20. The number of imidazole rings is 1. The Morgan fingerprint density at radius 3 is 2.30 bits per heavy atom. The molecule has 0 radical (unpaired) electrons. The molecule has 0 amide bonds. The molecule has 2 N–H and O–H groups in total. The summed E-state index contributed by atoms with van der Waals surface area (Å²) in [5, 5.41) is 10.0. The molecule has 0 fully saturated rings. The lowest BCUT2D eigenvalue weighted by Crippen LogP contribution is -2.03. The van der Waals surface area contributed by atoms with Crippen molar-refractivity contribution in [2.75, 3.05) is 6.61 Å². The molecule has 0 aliphatic carbocycles. The minimum Gasteiger partial charge on any atom is -0.476 e. The van der Waals surface area contributed by atoms with Gasteiger partial charge in [-0.2, -0.15) is 0 Å². The van der Waals surface area contributed by atoms with Gasteiger partial charge in [0.2, 0.25) is 0 Å². The topological polar surface area (TPSA) is 92.3 Å². The van der Waals surface area contributed by atoms with Crippen LogP contribution >= 0.6 is 11.6 Å². The minimum atomic E-state index is -1.11. The van der Waals surface area contributed by atoms with E-state index in [1.165, 1.54) is 6.92 Å². The third kappa shape index (κ3) is 4.54. The number of nitrogens with one attached hydrogen (secondary N) is 1. The smallest absolute Gasteiger partial charge is 0.356 e. The molecule has 7 heteroatoms. The van der Waals surface area contributed by atoms with Crippen LogP contribution in [0.1, 0.15) is 23.0 Å². The summed E-state index contributed by atoms with van der Waals surface area (Å²) in [6, 6.07) is 14.3. The fourth-order valence-corrected chi connectivity index (χ4v) is 2.76. The van der Waals surface area contributed by atoms with Crippen LogP contribution < -0.4 is 0 Å². The molecule has 0 aliphatic heterocycles. The first-order valence-electron chi connectivity index (χ1n) is 8.26. The van der Waals surface area contributed by atoms with Crippen molar-refractivity contribution in [1.29, 1.82) is 0 Å². The lowest BCUT2D eigenvalue weighted by molar-refractivity contribution is -0.140. The lowest BCUT2D eigenvalue weighted by Gasteiger charge is -2.03. The number of esters is 1. The Bertz CT molecular complexity index is 963. The number of hydrogen-bond donors (Lipinski definition) is 2. The van der Waals surface area contributed by atoms with Gasteiger partial charge in [0.15, 0.2) is 5.69 Å². The summed E-state index contributed by atoms with van der Waals surface area (Å²) in [5.74, 6) is -0.956. The summed E-state index contributed by atoms with van der Waals surface area (Å²) in [6.45, 7) is 1.69. The number of carbonyl (C=O) groups excluding carboxylic acids is 1. The van der Waals surface area contributed by atoms with E-state index in [1.54, 1.807) is 24.3 Å². The average molecular weight is 385 g/mol. The number of nitrogens with zero attached hydrogens (tertiary/aromatic N) is 1. The number of aromatic nitrogens is 2. The maximum absolute atomic E-state index is 11.6. The number of carboxylic acids is 1. The molecule has 3 aromatic rings. The van der Waals surface area contributed by atoms with E-state index in [1.807, 2.05) is 24.3 Å². The van der Waals surface area contributed by atoms with Crippen molar-refractivity contribution in [2.24, 2.45) is 0 Å². The molecule has 6 nitrogen and oxygen atoms in total. The van der Waals surface area contributed by atoms with Crippen molar-refractivity contribution in [3.63, 3.8) is 0 Å². The molecule has 1 heterocycles. The number of H-pyrrole nitrogens is 1. The van der Waals surface area contributed by atoms with Gasteiger partial charge in [0.05, 0.1) is 12.3 Å². The largest absolute Gasteiger partial charge is 0.476 e. The molecule has 2 aromatic carbocycles. The van der Waals surface area contributed by atoms with E-state index in [0.29, 0.717) is 35.1 Å². The third-order valence-electron chi connectivity index (χ3n) is 3.96. The van der Waals surface area contributed by atoms with Crippen molar-refractivity contribution in [3.05, 3.63) is 64.8 Å². The van der Waals surface area contributed by atoms with Gasteiger partial charge in [-0.05, 0) is 17.7 Å². The van der Waals surface area contributed by atoms with Gasteiger partial charge in [0.1, 0.15) is 5.82 Å². The molecular weight excluding hydrogens is 368 g/mol. The fraction of sp³-hybridized carbons (Fsp3) is 0.150. The molecule has 0 saturated carbocycles. The molecule has 0 atom stereocenters. The number of halogens is 1. The van der Waals surface area contributed by atoms with Crippen LogP contribution in [0, 0.1) is 0 Å². The Labute approximate surface area is 160 Å². The first kappa shape index (κ1) is 18.7. The van der Waals surface area contributed by atoms with Gasteiger partial charge in [0, 0.05) is 29.5 Å². The van der Waals surface area contributed by atoms with Crippen LogP contribution in [0.15, 0.2) is 48.5 Å². The normalized spacial score (nSPS) is 10.6. The quantitative estimate of drug-likeness (QED) is 0.621. The van der Waals surface area contributed by atoms with Gasteiger partial charge in [0.25, 0.3) is 0 Å². The van der Waals surface area contributed by atoms with E-state index in [4.69, 9.17) is 16.3 Å². The molecule has 0 unspecified atom stereocenters. The first-order valence-corrected chi connectivity index (χ1v) is 8.64. The molecule has 3 rings (SSSR count). The summed E-state index contributed by atoms with van der Waals surface area (Å²) < 4.78 is 4.93. The Hall–Kier alpha value is -3.12. The van der Waals surface area contributed by atoms with Crippen molar-refractivity contribution >= 4 is 23.5 Å². The number of benzene rings is 2. The van der Waals surface area contributed by atoms with Crippen molar-refractivity contribution in [2.45, 2.75) is 13.3 Å². The summed E-state index contributed by atoms with van der Waals surface area (Å²) in [6.07, 6.45) is 0.606. The zero-order valence-corrected chi connectivity index (χ0v) is 15.3. The maximum Gasteiger partial charge on any atom is 0.356 e. The summed E-state index contributed by atoms with van der Waals surface area (Å²) in [4.78, 5) is 29.7. The maximum atomic E-state index is 11.6.